The van der Waals surface area contributed by atoms with Crippen LogP contribution in [0.2, 0.25) is 0 Å². The van der Waals surface area contributed by atoms with Gasteiger partial charge >= 0.3 is 6.18 Å². The van der Waals surface area contributed by atoms with Crippen LogP contribution in [0.25, 0.3) is 0 Å². The second-order valence-electron chi connectivity index (χ2n) is 1.51. The Morgan fingerprint density at radius 3 is 2.33 bits per heavy atom. The Labute approximate surface area is 54.3 Å². The van der Waals surface area contributed by atoms with E-state index in [1.807, 2.05) is 0 Å². The molecule has 1 aliphatic rings. The number of nitrogens with zero attached hydrogens (tertiary/aromatic N) is 1. The molecule has 0 aromatic heterocycles. The van der Waals surface area contributed by atoms with E-state index < -0.39 is 12.2 Å². The van der Waals surface area contributed by atoms with Crippen molar-refractivity contribution >= 4 is 17.3 Å². The summed E-state index contributed by atoms with van der Waals surface area (Å²) < 4.78 is 34.8. The highest BCUT2D eigenvalue weighted by atomic mass is 32.2. The Morgan fingerprint density at radius 1 is 1.44 bits per heavy atom. The van der Waals surface area contributed by atoms with E-state index in [0.29, 0.717) is 0 Å². The van der Waals surface area contributed by atoms with Crippen LogP contribution < -0.4 is 0 Å². The van der Waals surface area contributed by atoms with Crippen molar-refractivity contribution in [3.63, 3.8) is 0 Å². The fourth-order valence-corrected chi connectivity index (χ4v) is 1.05. The molecule has 0 aromatic rings. The molecule has 1 rings (SSSR count). The summed E-state index contributed by atoms with van der Waals surface area (Å²) in [5, 5.41) is 0. The van der Waals surface area contributed by atoms with Crippen LogP contribution in [0.15, 0.2) is 4.99 Å². The molecule has 1 nitrogen and oxygen atoms in total. The van der Waals surface area contributed by atoms with E-state index in [1.54, 1.807) is 0 Å². The van der Waals surface area contributed by atoms with Crippen LogP contribution in [0.1, 0.15) is 0 Å². The van der Waals surface area contributed by atoms with Gasteiger partial charge in [-0.3, -0.25) is 4.99 Å². The van der Waals surface area contributed by atoms with Crippen LogP contribution in [0, 0.1) is 5.75 Å². The van der Waals surface area contributed by atoms with E-state index in [4.69, 9.17) is 0 Å². The van der Waals surface area contributed by atoms with E-state index in [2.05, 4.69) is 4.99 Å². The predicted octanol–water partition coefficient (Wildman–Crippen LogP) is 1.85. The molecule has 0 spiro atoms. The van der Waals surface area contributed by atoms with Gasteiger partial charge in [-0.1, -0.05) is 0 Å². The average molecular weight is 154 g/mol. The zero-order chi connectivity index (χ0) is 6.91. The fourth-order valence-electron chi connectivity index (χ4n) is 0.407. The number of rotatable bonds is 0. The maximum Gasteiger partial charge on any atom is 0.411 e. The van der Waals surface area contributed by atoms with Crippen LogP contribution in [-0.2, 0) is 0 Å². The minimum Gasteiger partial charge on any atom is -0.272 e. The number of hydrogen-bond donors (Lipinski definition) is 0. The van der Waals surface area contributed by atoms with Crippen LogP contribution in [0.4, 0.5) is 13.2 Å². The molecule has 1 heterocycles. The molecule has 1 unspecified atom stereocenters. The molecule has 5 heteroatoms. The second kappa shape index (κ2) is 2.21. The largest absolute Gasteiger partial charge is 0.411 e. The van der Waals surface area contributed by atoms with Crippen molar-refractivity contribution in [2.75, 3.05) is 0 Å². The van der Waals surface area contributed by atoms with Gasteiger partial charge in [0.25, 0.3) is 0 Å². The molecule has 51 valence electrons. The van der Waals surface area contributed by atoms with Crippen LogP contribution in [0.3, 0.4) is 0 Å². The highest BCUT2D eigenvalue weighted by Gasteiger charge is 2.40. The third-order valence-electron chi connectivity index (χ3n) is 0.825. The second-order valence-corrected chi connectivity index (χ2v) is 2.27. The zero-order valence-corrected chi connectivity index (χ0v) is 5.04. The lowest BCUT2D eigenvalue weighted by atomic mass is 10.3. The SMILES string of the molecule is FC(F)(F)C1[CH]SC=N1. The molecule has 0 saturated carbocycles. The zero-order valence-electron chi connectivity index (χ0n) is 4.22. The molecular formula is C4H3F3NS. The third kappa shape index (κ3) is 1.61. The lowest BCUT2D eigenvalue weighted by Gasteiger charge is -2.08. The molecule has 1 atom stereocenters. The molecule has 0 fully saturated rings. The van der Waals surface area contributed by atoms with Crippen molar-refractivity contribution < 1.29 is 13.2 Å². The molecule has 0 N–H and O–H groups in total. The van der Waals surface area contributed by atoms with Gasteiger partial charge in [0.1, 0.15) is 0 Å². The first-order valence-electron chi connectivity index (χ1n) is 2.18. The summed E-state index contributed by atoms with van der Waals surface area (Å²) in [5.74, 6) is 1.06. The molecule has 9 heavy (non-hydrogen) atoms. The Morgan fingerprint density at radius 2 is 2.11 bits per heavy atom. The summed E-state index contributed by atoms with van der Waals surface area (Å²) in [7, 11) is 0. The summed E-state index contributed by atoms with van der Waals surface area (Å²) in [6.45, 7) is 0. The van der Waals surface area contributed by atoms with Gasteiger partial charge < -0.3 is 0 Å². The summed E-state index contributed by atoms with van der Waals surface area (Å²) in [6, 6.07) is -1.58. The molecule has 0 aliphatic carbocycles. The number of alkyl halides is 3. The third-order valence-corrected chi connectivity index (χ3v) is 1.48. The number of halogens is 3. The minimum absolute atomic E-state index is 0.972. The van der Waals surface area contributed by atoms with E-state index >= 15 is 0 Å². The van der Waals surface area contributed by atoms with Gasteiger partial charge in [-0.2, -0.15) is 13.2 Å². The van der Waals surface area contributed by atoms with Gasteiger partial charge in [0, 0.05) is 0 Å². The van der Waals surface area contributed by atoms with Gasteiger partial charge in [-0.25, -0.2) is 0 Å². The van der Waals surface area contributed by atoms with Gasteiger partial charge in [0.15, 0.2) is 6.04 Å². The highest BCUT2D eigenvalue weighted by molar-refractivity contribution is 8.14. The van der Waals surface area contributed by atoms with Crippen LogP contribution in [-0.4, -0.2) is 17.8 Å². The molecule has 0 bridgehead atoms. The van der Waals surface area contributed by atoms with Gasteiger partial charge in [0.05, 0.1) is 11.3 Å². The van der Waals surface area contributed by atoms with Gasteiger partial charge in [0.2, 0.25) is 0 Å². The van der Waals surface area contributed by atoms with E-state index in [9.17, 15) is 13.2 Å². The van der Waals surface area contributed by atoms with Crippen molar-refractivity contribution in [3.8, 4) is 0 Å². The summed E-state index contributed by atoms with van der Waals surface area (Å²) in [6.07, 6.45) is -4.19. The monoisotopic (exact) mass is 154 g/mol. The number of aliphatic imine (C=N–C) groups is 1. The fraction of sp³-hybridized carbons (Fsp3) is 0.500. The average Bonchev–Trinajstić information content (AvgIpc) is 2.08. The van der Waals surface area contributed by atoms with E-state index in [-0.39, 0.29) is 0 Å². The molecule has 0 aromatic carbocycles. The van der Waals surface area contributed by atoms with E-state index in [1.165, 1.54) is 5.55 Å². The maximum absolute atomic E-state index is 11.6. The quantitative estimate of drug-likeness (QED) is 0.518. The lowest BCUT2D eigenvalue weighted by molar-refractivity contribution is -0.137. The standard InChI is InChI=1S/C4H3F3NS/c5-4(6,7)3-1-9-2-8-3/h1-3H. The first-order valence-corrected chi connectivity index (χ1v) is 3.12. The summed E-state index contributed by atoms with van der Waals surface area (Å²) in [4.78, 5) is 3.16. The van der Waals surface area contributed by atoms with E-state index in [0.717, 1.165) is 17.5 Å². The van der Waals surface area contributed by atoms with Crippen molar-refractivity contribution in [1.82, 2.24) is 0 Å². The maximum atomic E-state index is 11.6. The smallest absolute Gasteiger partial charge is 0.272 e. The highest BCUT2D eigenvalue weighted by Crippen LogP contribution is 2.31. The Bertz CT molecular complexity index is 130. The summed E-state index contributed by atoms with van der Waals surface area (Å²) >= 11 is 0.972. The normalized spacial score (nSPS) is 27.2. The Hall–Kier alpha value is -0.190. The predicted molar refractivity (Wildman–Crippen MR) is 30.2 cm³/mol. The molecule has 0 amide bonds. The molecular weight excluding hydrogens is 151 g/mol. The van der Waals surface area contributed by atoms with Crippen molar-refractivity contribution in [2.24, 2.45) is 4.99 Å². The Kier molecular flexibility index (Phi) is 1.70. The summed E-state index contributed by atoms with van der Waals surface area (Å²) in [5.41, 5.74) is 1.19. The van der Waals surface area contributed by atoms with Crippen molar-refractivity contribution in [1.29, 1.82) is 0 Å². The van der Waals surface area contributed by atoms with Crippen molar-refractivity contribution in [2.45, 2.75) is 12.2 Å². The van der Waals surface area contributed by atoms with Gasteiger partial charge in [-0.05, 0) is 0 Å². The van der Waals surface area contributed by atoms with Crippen molar-refractivity contribution in [3.05, 3.63) is 5.75 Å². The van der Waals surface area contributed by atoms with Gasteiger partial charge in [-0.15, -0.1) is 11.8 Å². The topological polar surface area (TPSA) is 12.4 Å². The first kappa shape index (κ1) is 6.92. The Balaban J connectivity index is 2.53. The molecule has 1 radical (unpaired) electrons. The lowest BCUT2D eigenvalue weighted by Crippen LogP contribution is -2.24. The molecule has 0 saturated heterocycles. The number of hydrogen-bond acceptors (Lipinski definition) is 2. The van der Waals surface area contributed by atoms with Crippen LogP contribution >= 0.6 is 11.8 Å². The number of thioether (sulfide) groups is 1. The molecule has 1 aliphatic heterocycles. The van der Waals surface area contributed by atoms with Crippen LogP contribution in [0.5, 0.6) is 0 Å². The minimum atomic E-state index is -4.19. The first-order chi connectivity index (χ1) is 4.11.